The number of rotatable bonds is 5. The van der Waals surface area contributed by atoms with E-state index in [1.807, 2.05) is 6.07 Å². The Morgan fingerprint density at radius 2 is 1.91 bits per heavy atom. The monoisotopic (exact) mass is 334 g/mol. The molecule has 23 heavy (non-hydrogen) atoms. The van der Waals surface area contributed by atoms with Crippen LogP contribution in [0.1, 0.15) is 28.9 Å². The quantitative estimate of drug-likeness (QED) is 0.868. The number of benzene rings is 1. The van der Waals surface area contributed by atoms with Gasteiger partial charge in [0.1, 0.15) is 0 Å². The molecule has 1 amide bonds. The highest BCUT2D eigenvalue weighted by molar-refractivity contribution is 7.91. The third kappa shape index (κ3) is 3.70. The second-order valence-corrected chi connectivity index (χ2v) is 7.22. The minimum absolute atomic E-state index is 0.114. The van der Waals surface area contributed by atoms with Gasteiger partial charge in [-0.25, -0.2) is 8.42 Å². The Kier molecular flexibility index (Phi) is 4.33. The fourth-order valence-corrected chi connectivity index (χ4v) is 3.79. The number of amides is 1. The standard InChI is InChI=1S/C15H18N4O3S/c20-15(19-8-4-5-9-19)14-13(10-16-17-14)18-23(21,22)11-12-6-2-1-3-7-12/h1-3,6-7,10,18H,4-5,8-9,11H2,(H,16,17). The van der Waals surface area contributed by atoms with Gasteiger partial charge in [-0.3, -0.25) is 14.6 Å². The van der Waals surface area contributed by atoms with Crippen molar-refractivity contribution in [1.29, 1.82) is 0 Å². The van der Waals surface area contributed by atoms with E-state index in [0.29, 0.717) is 18.7 Å². The van der Waals surface area contributed by atoms with E-state index in [1.165, 1.54) is 6.20 Å². The van der Waals surface area contributed by atoms with Gasteiger partial charge in [-0.2, -0.15) is 5.10 Å². The first kappa shape index (κ1) is 15.5. The number of anilines is 1. The van der Waals surface area contributed by atoms with Crippen LogP contribution in [-0.4, -0.2) is 42.5 Å². The summed E-state index contributed by atoms with van der Waals surface area (Å²) in [5.41, 5.74) is 0.984. The molecule has 7 nitrogen and oxygen atoms in total. The van der Waals surface area contributed by atoms with Gasteiger partial charge in [0.25, 0.3) is 5.91 Å². The van der Waals surface area contributed by atoms with Crippen molar-refractivity contribution in [3.8, 4) is 0 Å². The maximum atomic E-state index is 12.4. The Morgan fingerprint density at radius 1 is 1.22 bits per heavy atom. The Balaban J connectivity index is 1.75. The number of carbonyl (C=O) groups is 1. The van der Waals surface area contributed by atoms with Crippen molar-refractivity contribution < 1.29 is 13.2 Å². The second-order valence-electron chi connectivity index (χ2n) is 5.49. The normalized spacial score (nSPS) is 14.9. The highest BCUT2D eigenvalue weighted by Gasteiger charge is 2.25. The number of likely N-dealkylation sites (tertiary alicyclic amines) is 1. The van der Waals surface area contributed by atoms with Crippen molar-refractivity contribution in [1.82, 2.24) is 15.1 Å². The van der Waals surface area contributed by atoms with E-state index in [0.717, 1.165) is 12.8 Å². The van der Waals surface area contributed by atoms with Crippen molar-refractivity contribution in [3.63, 3.8) is 0 Å². The molecule has 2 N–H and O–H groups in total. The Labute approximate surface area is 134 Å². The fourth-order valence-electron chi connectivity index (χ4n) is 2.60. The average Bonchev–Trinajstić information content (AvgIpc) is 3.18. The van der Waals surface area contributed by atoms with Gasteiger partial charge in [-0.15, -0.1) is 0 Å². The predicted octanol–water partition coefficient (Wildman–Crippen LogP) is 1.59. The Morgan fingerprint density at radius 3 is 2.61 bits per heavy atom. The fraction of sp³-hybridized carbons (Fsp3) is 0.333. The molecule has 1 aliphatic heterocycles. The first-order valence-electron chi connectivity index (χ1n) is 7.43. The smallest absolute Gasteiger partial charge is 0.276 e. The predicted molar refractivity (Wildman–Crippen MR) is 86.4 cm³/mol. The zero-order valence-electron chi connectivity index (χ0n) is 12.5. The number of aromatic amines is 1. The summed E-state index contributed by atoms with van der Waals surface area (Å²) in [6.45, 7) is 1.36. The van der Waals surface area contributed by atoms with Crippen molar-refractivity contribution in [2.45, 2.75) is 18.6 Å². The highest BCUT2D eigenvalue weighted by atomic mass is 32.2. The number of nitrogens with zero attached hydrogens (tertiary/aromatic N) is 2. The van der Waals surface area contributed by atoms with Crippen molar-refractivity contribution in [2.24, 2.45) is 0 Å². The average molecular weight is 334 g/mol. The third-order valence-electron chi connectivity index (χ3n) is 3.70. The van der Waals surface area contributed by atoms with Crippen molar-refractivity contribution in [3.05, 3.63) is 47.8 Å². The largest absolute Gasteiger partial charge is 0.337 e. The molecule has 1 aromatic heterocycles. The van der Waals surface area contributed by atoms with E-state index in [1.54, 1.807) is 29.2 Å². The van der Waals surface area contributed by atoms with Gasteiger partial charge in [0.05, 0.1) is 11.4 Å². The molecule has 0 unspecified atom stereocenters. The zero-order valence-corrected chi connectivity index (χ0v) is 13.3. The van der Waals surface area contributed by atoms with Gasteiger partial charge >= 0.3 is 0 Å². The number of aromatic nitrogens is 2. The lowest BCUT2D eigenvalue weighted by Crippen LogP contribution is -2.29. The van der Waals surface area contributed by atoms with Crippen LogP contribution < -0.4 is 4.72 Å². The molecule has 8 heteroatoms. The summed E-state index contributed by atoms with van der Waals surface area (Å²) in [4.78, 5) is 14.1. The Bertz CT molecular complexity index is 780. The second kappa shape index (κ2) is 6.41. The van der Waals surface area contributed by atoms with E-state index in [-0.39, 0.29) is 23.0 Å². The van der Waals surface area contributed by atoms with Gasteiger partial charge in [0.15, 0.2) is 5.69 Å². The van der Waals surface area contributed by atoms with Gasteiger partial charge in [0.2, 0.25) is 10.0 Å². The van der Waals surface area contributed by atoms with Crippen LogP contribution in [-0.2, 0) is 15.8 Å². The maximum Gasteiger partial charge on any atom is 0.276 e. The number of sulfonamides is 1. The molecule has 0 saturated carbocycles. The molecule has 0 spiro atoms. The van der Waals surface area contributed by atoms with Crippen LogP contribution in [0.15, 0.2) is 36.5 Å². The SMILES string of the molecule is O=C(c1n[nH]cc1NS(=O)(=O)Cc1ccccc1)N1CCCC1. The summed E-state index contributed by atoms with van der Waals surface area (Å²) in [5, 5.41) is 6.47. The Hall–Kier alpha value is -2.35. The van der Waals surface area contributed by atoms with Gasteiger partial charge in [-0.05, 0) is 18.4 Å². The lowest BCUT2D eigenvalue weighted by Gasteiger charge is -2.14. The summed E-state index contributed by atoms with van der Waals surface area (Å²) in [6.07, 6.45) is 3.32. The van der Waals surface area contributed by atoms with E-state index < -0.39 is 10.0 Å². The molecule has 0 radical (unpaired) electrons. The number of nitrogens with one attached hydrogen (secondary N) is 2. The van der Waals surface area contributed by atoms with E-state index in [2.05, 4.69) is 14.9 Å². The molecule has 1 fully saturated rings. The number of carbonyl (C=O) groups excluding carboxylic acids is 1. The van der Waals surface area contributed by atoms with E-state index in [9.17, 15) is 13.2 Å². The van der Waals surface area contributed by atoms with Crippen LogP contribution in [0.5, 0.6) is 0 Å². The summed E-state index contributed by atoms with van der Waals surface area (Å²) in [6, 6.07) is 8.87. The number of hydrogen-bond donors (Lipinski definition) is 2. The molecule has 0 aliphatic carbocycles. The molecule has 1 saturated heterocycles. The van der Waals surface area contributed by atoms with Crippen molar-refractivity contribution >= 4 is 21.6 Å². The number of hydrogen-bond acceptors (Lipinski definition) is 4. The van der Waals surface area contributed by atoms with Crippen LogP contribution in [0, 0.1) is 0 Å². The first-order valence-corrected chi connectivity index (χ1v) is 9.08. The molecule has 2 heterocycles. The van der Waals surface area contributed by atoms with Crippen LogP contribution in [0.3, 0.4) is 0 Å². The van der Waals surface area contributed by atoms with E-state index >= 15 is 0 Å². The van der Waals surface area contributed by atoms with Crippen LogP contribution in [0.4, 0.5) is 5.69 Å². The molecule has 1 aromatic carbocycles. The molecular weight excluding hydrogens is 316 g/mol. The third-order valence-corrected chi connectivity index (χ3v) is 4.95. The number of H-pyrrole nitrogens is 1. The molecule has 0 bridgehead atoms. The van der Waals surface area contributed by atoms with Crippen molar-refractivity contribution in [2.75, 3.05) is 17.8 Å². The zero-order chi connectivity index (χ0) is 16.3. The molecule has 2 aromatic rings. The molecule has 0 atom stereocenters. The molecular formula is C15H18N4O3S. The first-order chi connectivity index (χ1) is 11.1. The minimum atomic E-state index is -3.62. The molecule has 3 rings (SSSR count). The lowest BCUT2D eigenvalue weighted by molar-refractivity contribution is 0.0788. The summed E-state index contributed by atoms with van der Waals surface area (Å²) >= 11 is 0. The van der Waals surface area contributed by atoms with Gasteiger partial charge in [0, 0.05) is 19.3 Å². The van der Waals surface area contributed by atoms with Crippen LogP contribution >= 0.6 is 0 Å². The van der Waals surface area contributed by atoms with Crippen LogP contribution in [0.2, 0.25) is 0 Å². The highest BCUT2D eigenvalue weighted by Crippen LogP contribution is 2.19. The lowest BCUT2D eigenvalue weighted by atomic mass is 10.2. The summed E-state index contributed by atoms with van der Waals surface area (Å²) < 4.78 is 27.0. The van der Waals surface area contributed by atoms with Crippen LogP contribution in [0.25, 0.3) is 0 Å². The summed E-state index contributed by atoms with van der Waals surface area (Å²) in [5.74, 6) is -0.405. The molecule has 122 valence electrons. The summed E-state index contributed by atoms with van der Waals surface area (Å²) in [7, 11) is -3.62. The van der Waals surface area contributed by atoms with Gasteiger partial charge < -0.3 is 4.90 Å². The topological polar surface area (TPSA) is 95.2 Å². The maximum absolute atomic E-state index is 12.4. The van der Waals surface area contributed by atoms with Gasteiger partial charge in [-0.1, -0.05) is 30.3 Å². The minimum Gasteiger partial charge on any atom is -0.337 e. The van der Waals surface area contributed by atoms with E-state index in [4.69, 9.17) is 0 Å². The molecule has 1 aliphatic rings.